The summed E-state index contributed by atoms with van der Waals surface area (Å²) in [6.07, 6.45) is 1.48. The molecule has 0 unspecified atom stereocenters. The molecule has 0 amide bonds. The normalized spacial score (nSPS) is 26.0. The van der Waals surface area contributed by atoms with Crippen LogP contribution < -0.4 is 15.0 Å². The molecule has 1 aliphatic carbocycles. The minimum Gasteiger partial charge on any atom is -0.508 e. The summed E-state index contributed by atoms with van der Waals surface area (Å²) in [6.45, 7) is 3.08. The van der Waals surface area contributed by atoms with Crippen molar-refractivity contribution in [2.45, 2.75) is 43.7 Å². The van der Waals surface area contributed by atoms with Crippen LogP contribution in [0.3, 0.4) is 0 Å². The van der Waals surface area contributed by atoms with Gasteiger partial charge in [-0.25, -0.2) is 17.6 Å². The van der Waals surface area contributed by atoms with Crippen molar-refractivity contribution in [3.63, 3.8) is 0 Å². The summed E-state index contributed by atoms with van der Waals surface area (Å²) in [5.74, 6) is -4.49. The van der Waals surface area contributed by atoms with Crippen LogP contribution in [0.1, 0.15) is 26.2 Å². The monoisotopic (exact) mass is 595 g/mol. The average Bonchev–Trinajstić information content (AvgIpc) is 3.49. The largest absolute Gasteiger partial charge is 0.508 e. The number of rotatable bonds is 7. The molecule has 4 aliphatic rings. The maximum absolute atomic E-state index is 16.6. The van der Waals surface area contributed by atoms with Gasteiger partial charge in [0.25, 0.3) is 5.92 Å². The van der Waals surface area contributed by atoms with Gasteiger partial charge in [-0.1, -0.05) is 24.3 Å². The van der Waals surface area contributed by atoms with Gasteiger partial charge in [0, 0.05) is 43.0 Å². The van der Waals surface area contributed by atoms with Gasteiger partial charge in [0.15, 0.2) is 5.82 Å². The fourth-order valence-electron chi connectivity index (χ4n) is 6.95. The topological polar surface area (TPSA) is 73.8 Å². The van der Waals surface area contributed by atoms with Crippen LogP contribution in [0.4, 0.5) is 23.4 Å². The second-order valence-electron chi connectivity index (χ2n) is 12.9. The van der Waals surface area contributed by atoms with Crippen LogP contribution in [0.2, 0.25) is 0 Å². The number of hydrogen-bond donors (Lipinski definition) is 2. The zero-order valence-electron chi connectivity index (χ0n) is 24.2. The number of nitrogens with zero attached hydrogens (tertiary/aromatic N) is 4. The molecule has 3 saturated heterocycles. The Morgan fingerprint density at radius 2 is 1.88 bits per heavy atom. The van der Waals surface area contributed by atoms with E-state index in [1.807, 2.05) is 4.90 Å². The highest BCUT2D eigenvalue weighted by Gasteiger charge is 2.71. The van der Waals surface area contributed by atoms with Gasteiger partial charge >= 0.3 is 6.01 Å². The van der Waals surface area contributed by atoms with Gasteiger partial charge in [-0.2, -0.15) is 9.97 Å². The van der Waals surface area contributed by atoms with Crippen molar-refractivity contribution in [1.29, 1.82) is 0 Å². The van der Waals surface area contributed by atoms with Crippen molar-refractivity contribution < 1.29 is 27.4 Å². The SMILES string of the molecule is CN(C)C[C@@]1(COc2nc(N3C[C@@]4(C)CC[C@H]3CN4)c3cc(F)c(-c4cc(O)cc5ccccc45)c(F)c3n2)CC1(F)F. The van der Waals surface area contributed by atoms with E-state index in [-0.39, 0.29) is 64.9 Å². The van der Waals surface area contributed by atoms with E-state index in [9.17, 15) is 13.9 Å². The molecule has 0 radical (unpaired) electrons. The van der Waals surface area contributed by atoms with Crippen molar-refractivity contribution >= 4 is 27.5 Å². The number of nitrogens with one attached hydrogen (secondary N) is 1. The van der Waals surface area contributed by atoms with Crippen LogP contribution in [0, 0.1) is 17.0 Å². The van der Waals surface area contributed by atoms with Crippen molar-refractivity contribution in [2.24, 2.45) is 5.41 Å². The van der Waals surface area contributed by atoms with E-state index in [0.717, 1.165) is 12.8 Å². The molecule has 11 heteroatoms. The van der Waals surface area contributed by atoms with Gasteiger partial charge < -0.3 is 25.0 Å². The number of hydrogen-bond acceptors (Lipinski definition) is 7. The highest BCUT2D eigenvalue weighted by atomic mass is 19.3. The Labute approximate surface area is 246 Å². The Bertz CT molecular complexity index is 1760. The average molecular weight is 596 g/mol. The third-order valence-corrected chi connectivity index (χ3v) is 9.29. The lowest BCUT2D eigenvalue weighted by Gasteiger charge is -2.52. The van der Waals surface area contributed by atoms with Crippen molar-refractivity contribution in [3.8, 4) is 22.9 Å². The van der Waals surface area contributed by atoms with E-state index in [1.165, 1.54) is 18.2 Å². The molecule has 2 bridgehead atoms. The Balaban J connectivity index is 1.39. The Hall–Kier alpha value is -3.70. The standard InChI is InChI=1S/C32H33F4N5O2/c1-30-9-8-19(13-37-30)41(15-30)28-23-12-24(33)25(22-11-20(42)10-18-6-4-5-7-21(18)22)26(34)27(23)38-29(39-28)43-17-31(16-40(2)3)14-32(31,35)36/h4-7,10-12,19,37,42H,8-9,13-17H2,1-3H3/t19-,30+,31+/m0/s1. The number of phenolic OH excluding ortho intramolecular Hbond substituents is 1. The van der Waals surface area contributed by atoms with Gasteiger partial charge in [-0.15, -0.1) is 0 Å². The summed E-state index contributed by atoms with van der Waals surface area (Å²) in [6, 6.07) is 10.9. The number of aromatic hydroxyl groups is 1. The predicted molar refractivity (Wildman–Crippen MR) is 157 cm³/mol. The lowest BCUT2D eigenvalue weighted by atomic mass is 9.82. The van der Waals surface area contributed by atoms with E-state index < -0.39 is 23.0 Å². The first-order valence-corrected chi connectivity index (χ1v) is 14.5. The van der Waals surface area contributed by atoms with Crippen molar-refractivity contribution in [2.75, 3.05) is 45.2 Å². The summed E-state index contributed by atoms with van der Waals surface area (Å²) >= 11 is 0. The fraction of sp³-hybridized carbons (Fsp3) is 0.438. The van der Waals surface area contributed by atoms with Crippen LogP contribution in [-0.2, 0) is 0 Å². The van der Waals surface area contributed by atoms with Crippen LogP contribution in [0.15, 0.2) is 42.5 Å². The number of benzene rings is 3. The molecular formula is C32H33F4N5O2. The van der Waals surface area contributed by atoms with Gasteiger partial charge in [0.1, 0.15) is 29.5 Å². The summed E-state index contributed by atoms with van der Waals surface area (Å²) in [5, 5.41) is 15.3. The number of piperidine rings is 2. The minimum absolute atomic E-state index is 0.0291. The van der Waals surface area contributed by atoms with E-state index in [1.54, 1.807) is 43.3 Å². The molecule has 7 nitrogen and oxygen atoms in total. The Morgan fingerprint density at radius 1 is 1.12 bits per heavy atom. The maximum atomic E-state index is 16.6. The molecule has 4 aromatic rings. The number of phenols is 1. The van der Waals surface area contributed by atoms with Crippen molar-refractivity contribution in [1.82, 2.24) is 20.2 Å². The number of piperazine rings is 1. The number of fused-ring (bicyclic) bond motifs is 5. The molecule has 4 fully saturated rings. The van der Waals surface area contributed by atoms with Gasteiger partial charge in [0.2, 0.25) is 0 Å². The number of alkyl halides is 2. The number of halogens is 4. The third-order valence-electron chi connectivity index (χ3n) is 9.29. The molecule has 1 saturated carbocycles. The molecule has 0 spiro atoms. The van der Waals surface area contributed by atoms with Crippen molar-refractivity contribution in [3.05, 3.63) is 54.1 Å². The van der Waals surface area contributed by atoms with Gasteiger partial charge in [-0.3, -0.25) is 0 Å². The van der Waals surface area contributed by atoms with E-state index >= 15 is 8.78 Å². The van der Waals surface area contributed by atoms with Crippen LogP contribution in [0.25, 0.3) is 32.8 Å². The maximum Gasteiger partial charge on any atom is 0.319 e. The molecule has 1 aromatic heterocycles. The lowest BCUT2D eigenvalue weighted by Crippen LogP contribution is -2.67. The first-order chi connectivity index (χ1) is 20.4. The molecule has 4 heterocycles. The smallest absolute Gasteiger partial charge is 0.319 e. The summed E-state index contributed by atoms with van der Waals surface area (Å²) in [4.78, 5) is 12.7. The number of aromatic nitrogens is 2. The summed E-state index contributed by atoms with van der Waals surface area (Å²) < 4.78 is 67.5. The molecule has 3 aliphatic heterocycles. The van der Waals surface area contributed by atoms with E-state index in [2.05, 4.69) is 22.2 Å². The van der Waals surface area contributed by atoms with E-state index in [4.69, 9.17) is 4.74 Å². The quantitative estimate of drug-likeness (QED) is 0.265. The molecule has 8 rings (SSSR count). The zero-order valence-corrected chi connectivity index (χ0v) is 24.2. The fourth-order valence-corrected chi connectivity index (χ4v) is 6.95. The molecule has 3 aromatic carbocycles. The number of anilines is 1. The van der Waals surface area contributed by atoms with Crippen LogP contribution in [0.5, 0.6) is 11.8 Å². The van der Waals surface area contributed by atoms with Crippen LogP contribution in [-0.4, -0.2) is 77.8 Å². The molecule has 226 valence electrons. The third kappa shape index (κ3) is 4.64. The second kappa shape index (κ2) is 9.65. The lowest BCUT2D eigenvalue weighted by molar-refractivity contribution is 0.0288. The Kier molecular flexibility index (Phi) is 6.31. The first kappa shape index (κ1) is 28.1. The number of ether oxygens (including phenoxy) is 1. The summed E-state index contributed by atoms with van der Waals surface area (Å²) in [7, 11) is 3.44. The molecule has 3 atom stereocenters. The Morgan fingerprint density at radius 3 is 2.56 bits per heavy atom. The highest BCUT2D eigenvalue weighted by molar-refractivity contribution is 6.01. The summed E-state index contributed by atoms with van der Waals surface area (Å²) in [5.41, 5.74) is -1.96. The van der Waals surface area contributed by atoms with Gasteiger partial charge in [-0.05, 0) is 68.4 Å². The van der Waals surface area contributed by atoms with Gasteiger partial charge in [0.05, 0.1) is 11.0 Å². The predicted octanol–water partition coefficient (Wildman–Crippen LogP) is 5.73. The molecule has 43 heavy (non-hydrogen) atoms. The van der Waals surface area contributed by atoms with E-state index in [0.29, 0.717) is 29.7 Å². The molecular weight excluding hydrogens is 562 g/mol. The highest BCUT2D eigenvalue weighted by Crippen LogP contribution is 2.60. The minimum atomic E-state index is -2.90. The van der Waals surface area contributed by atoms with Crippen LogP contribution >= 0.6 is 0 Å². The first-order valence-electron chi connectivity index (χ1n) is 14.5. The second-order valence-corrected chi connectivity index (χ2v) is 12.9. The zero-order chi connectivity index (χ0) is 30.3. The molecule has 2 N–H and O–H groups in total.